The van der Waals surface area contributed by atoms with E-state index >= 15 is 0 Å². The van der Waals surface area contributed by atoms with Crippen molar-refractivity contribution in [1.82, 2.24) is 4.90 Å². The van der Waals surface area contributed by atoms with E-state index in [1.54, 1.807) is 0 Å². The van der Waals surface area contributed by atoms with Crippen molar-refractivity contribution in [2.45, 2.75) is 6.18 Å². The van der Waals surface area contributed by atoms with Crippen molar-refractivity contribution in [1.29, 1.82) is 0 Å². The Labute approximate surface area is 78.4 Å². The molecule has 0 N–H and O–H groups in total. The van der Waals surface area contributed by atoms with Crippen molar-refractivity contribution in [3.05, 3.63) is 12.7 Å². The molecule has 0 aromatic rings. The lowest BCUT2D eigenvalue weighted by molar-refractivity contribution is -0.144. The molecular formula is C7H11BrF3N. The molecule has 0 heterocycles. The molecule has 72 valence electrons. The molecule has 0 saturated carbocycles. The summed E-state index contributed by atoms with van der Waals surface area (Å²) >= 11 is 3.08. The van der Waals surface area contributed by atoms with Crippen LogP contribution in [-0.2, 0) is 0 Å². The molecule has 0 aliphatic rings. The molecule has 0 saturated heterocycles. The fourth-order valence-corrected chi connectivity index (χ4v) is 1.29. The standard InChI is InChI=1S/C7H11BrF3N/c1-2-4-12(5-3-8)6-7(9,10)11/h2H,1,3-6H2. The Morgan fingerprint density at radius 3 is 2.33 bits per heavy atom. The second kappa shape index (κ2) is 5.59. The van der Waals surface area contributed by atoms with Gasteiger partial charge in [-0.1, -0.05) is 22.0 Å². The van der Waals surface area contributed by atoms with Crippen LogP contribution < -0.4 is 0 Å². The van der Waals surface area contributed by atoms with Gasteiger partial charge in [-0.2, -0.15) is 13.2 Å². The molecule has 0 aliphatic carbocycles. The maximum atomic E-state index is 11.9. The topological polar surface area (TPSA) is 3.24 Å². The maximum absolute atomic E-state index is 11.9. The number of hydrogen-bond acceptors (Lipinski definition) is 1. The highest BCUT2D eigenvalue weighted by Gasteiger charge is 2.29. The van der Waals surface area contributed by atoms with Crippen LogP contribution in [0.15, 0.2) is 12.7 Å². The molecule has 1 nitrogen and oxygen atoms in total. The van der Waals surface area contributed by atoms with E-state index < -0.39 is 12.7 Å². The number of rotatable bonds is 5. The zero-order valence-corrected chi connectivity index (χ0v) is 8.16. The number of hydrogen-bond donors (Lipinski definition) is 0. The first-order chi connectivity index (χ1) is 5.49. The van der Waals surface area contributed by atoms with Gasteiger partial charge in [0.15, 0.2) is 0 Å². The van der Waals surface area contributed by atoms with Crippen LogP contribution in [0.4, 0.5) is 13.2 Å². The van der Waals surface area contributed by atoms with Crippen molar-refractivity contribution in [2.24, 2.45) is 0 Å². The molecule has 0 bridgehead atoms. The predicted molar refractivity (Wildman–Crippen MR) is 46.5 cm³/mol. The molecule has 0 fully saturated rings. The van der Waals surface area contributed by atoms with E-state index in [0.717, 1.165) is 0 Å². The molecule has 0 rings (SSSR count). The van der Waals surface area contributed by atoms with E-state index in [9.17, 15) is 13.2 Å². The zero-order chi connectivity index (χ0) is 9.61. The molecule has 5 heteroatoms. The molecule has 12 heavy (non-hydrogen) atoms. The van der Waals surface area contributed by atoms with Crippen molar-refractivity contribution >= 4 is 15.9 Å². The lowest BCUT2D eigenvalue weighted by Gasteiger charge is -2.20. The minimum Gasteiger partial charge on any atom is -0.290 e. The highest BCUT2D eigenvalue weighted by molar-refractivity contribution is 9.09. The molecule has 0 aliphatic heterocycles. The minimum atomic E-state index is -4.12. The van der Waals surface area contributed by atoms with Gasteiger partial charge in [-0.05, 0) is 0 Å². The molecule has 0 aromatic carbocycles. The summed E-state index contributed by atoms with van der Waals surface area (Å²) in [5.74, 6) is 0. The first-order valence-electron chi connectivity index (χ1n) is 3.45. The number of alkyl halides is 4. The Morgan fingerprint density at radius 2 is 2.00 bits per heavy atom. The van der Waals surface area contributed by atoms with Gasteiger partial charge in [0.1, 0.15) is 0 Å². The fraction of sp³-hybridized carbons (Fsp3) is 0.714. The molecule has 0 aromatic heterocycles. The smallest absolute Gasteiger partial charge is 0.290 e. The van der Waals surface area contributed by atoms with Crippen molar-refractivity contribution in [3.8, 4) is 0 Å². The second-order valence-corrected chi connectivity index (χ2v) is 3.12. The van der Waals surface area contributed by atoms with Gasteiger partial charge in [-0.15, -0.1) is 6.58 Å². The SMILES string of the molecule is C=CCN(CCBr)CC(F)(F)F. The maximum Gasteiger partial charge on any atom is 0.401 e. The molecular weight excluding hydrogens is 235 g/mol. The second-order valence-electron chi connectivity index (χ2n) is 2.33. The lowest BCUT2D eigenvalue weighted by atomic mass is 10.4. The van der Waals surface area contributed by atoms with Crippen LogP contribution >= 0.6 is 15.9 Å². The summed E-state index contributed by atoms with van der Waals surface area (Å²) in [5, 5.41) is 0.539. The van der Waals surface area contributed by atoms with Crippen molar-refractivity contribution < 1.29 is 13.2 Å². The molecule has 0 atom stereocenters. The van der Waals surface area contributed by atoms with E-state index in [2.05, 4.69) is 22.5 Å². The highest BCUT2D eigenvalue weighted by Crippen LogP contribution is 2.16. The van der Waals surface area contributed by atoms with Crippen LogP contribution in [-0.4, -0.2) is 36.0 Å². The Hall–Kier alpha value is -0.0300. The van der Waals surface area contributed by atoms with E-state index in [4.69, 9.17) is 0 Å². The van der Waals surface area contributed by atoms with Crippen molar-refractivity contribution in [3.63, 3.8) is 0 Å². The van der Waals surface area contributed by atoms with E-state index in [1.165, 1.54) is 11.0 Å². The first-order valence-corrected chi connectivity index (χ1v) is 4.57. The first kappa shape index (κ1) is 12.0. The van der Waals surface area contributed by atoms with Gasteiger partial charge in [0.2, 0.25) is 0 Å². The van der Waals surface area contributed by atoms with Crippen LogP contribution in [0, 0.1) is 0 Å². The van der Waals surface area contributed by atoms with Crippen molar-refractivity contribution in [2.75, 3.05) is 25.0 Å². The predicted octanol–water partition coefficient (Wildman–Crippen LogP) is 2.43. The molecule has 0 spiro atoms. The van der Waals surface area contributed by atoms with Crippen LogP contribution in [0.25, 0.3) is 0 Å². The summed E-state index contributed by atoms with van der Waals surface area (Å²) < 4.78 is 35.6. The summed E-state index contributed by atoms with van der Waals surface area (Å²) in [6.07, 6.45) is -2.65. The Balaban J connectivity index is 3.85. The van der Waals surface area contributed by atoms with E-state index in [1.807, 2.05) is 0 Å². The minimum absolute atomic E-state index is 0.269. The third-order valence-electron chi connectivity index (χ3n) is 1.19. The quantitative estimate of drug-likeness (QED) is 0.532. The summed E-state index contributed by atoms with van der Waals surface area (Å²) in [6.45, 7) is 3.17. The average Bonchev–Trinajstić information content (AvgIpc) is 1.84. The highest BCUT2D eigenvalue weighted by atomic mass is 79.9. The van der Waals surface area contributed by atoms with E-state index in [-0.39, 0.29) is 6.54 Å². The summed E-state index contributed by atoms with van der Waals surface area (Å²) in [7, 11) is 0. The Bertz CT molecular complexity index is 135. The summed E-state index contributed by atoms with van der Waals surface area (Å²) in [6, 6.07) is 0. The molecule has 0 amide bonds. The van der Waals surface area contributed by atoms with Gasteiger partial charge in [0.05, 0.1) is 6.54 Å². The van der Waals surface area contributed by atoms with Crippen LogP contribution in [0.3, 0.4) is 0 Å². The van der Waals surface area contributed by atoms with Crippen LogP contribution in [0.2, 0.25) is 0 Å². The van der Waals surface area contributed by atoms with Crippen LogP contribution in [0.1, 0.15) is 0 Å². The van der Waals surface area contributed by atoms with E-state index in [0.29, 0.717) is 11.9 Å². The zero-order valence-electron chi connectivity index (χ0n) is 6.57. The number of nitrogens with zero attached hydrogens (tertiary/aromatic N) is 1. The van der Waals surface area contributed by atoms with Gasteiger partial charge >= 0.3 is 6.18 Å². The van der Waals surface area contributed by atoms with Gasteiger partial charge in [0.25, 0.3) is 0 Å². The summed E-state index contributed by atoms with van der Waals surface area (Å²) in [4.78, 5) is 1.28. The van der Waals surface area contributed by atoms with Gasteiger partial charge in [-0.25, -0.2) is 0 Å². The van der Waals surface area contributed by atoms with Gasteiger partial charge < -0.3 is 0 Å². The monoisotopic (exact) mass is 245 g/mol. The lowest BCUT2D eigenvalue weighted by Crippen LogP contribution is -2.35. The fourth-order valence-electron chi connectivity index (χ4n) is 0.791. The van der Waals surface area contributed by atoms with Gasteiger partial charge in [0, 0.05) is 18.4 Å². The third-order valence-corrected chi connectivity index (χ3v) is 1.55. The van der Waals surface area contributed by atoms with Gasteiger partial charge in [-0.3, -0.25) is 4.90 Å². The largest absolute Gasteiger partial charge is 0.401 e. The Morgan fingerprint density at radius 1 is 1.42 bits per heavy atom. The molecule has 0 unspecified atom stereocenters. The molecule has 0 radical (unpaired) electrons. The van der Waals surface area contributed by atoms with Crippen LogP contribution in [0.5, 0.6) is 0 Å². The number of halogens is 4. The third kappa shape index (κ3) is 6.67. The normalized spacial score (nSPS) is 12.1. The Kier molecular flexibility index (Phi) is 5.57. The summed E-state index contributed by atoms with van der Waals surface area (Å²) in [5.41, 5.74) is 0. The average molecular weight is 246 g/mol.